The Bertz CT molecular complexity index is 1300. The molecule has 1 spiro atoms. The number of piperidine rings is 1. The number of aliphatic hydroxyl groups excluding tert-OH is 1. The van der Waals surface area contributed by atoms with Gasteiger partial charge >= 0.3 is 0 Å². The van der Waals surface area contributed by atoms with Gasteiger partial charge in [0.1, 0.15) is 17.7 Å². The molecule has 7 nitrogen and oxygen atoms in total. The van der Waals surface area contributed by atoms with E-state index < -0.39 is 6.23 Å². The molecule has 5 heterocycles. The molecule has 2 atom stereocenters. The van der Waals surface area contributed by atoms with Crippen molar-refractivity contribution < 1.29 is 9.84 Å². The smallest absolute Gasteiger partial charge is 0.128 e. The molecule has 0 amide bonds. The molecule has 186 valence electrons. The number of aromatic nitrogens is 3. The van der Waals surface area contributed by atoms with E-state index >= 15 is 0 Å². The normalized spacial score (nSPS) is 22.1. The Kier molecular flexibility index (Phi) is 6.34. The highest BCUT2D eigenvalue weighted by atomic mass is 16.5. The molecule has 3 N–H and O–H groups in total. The number of rotatable bonds is 4. The summed E-state index contributed by atoms with van der Waals surface area (Å²) < 4.78 is 5.47. The maximum absolute atomic E-state index is 10.9. The number of anilines is 1. The number of aliphatic hydroxyl groups is 1. The molecular formula is C29H33N5O2. The molecule has 1 saturated carbocycles. The molecule has 0 aromatic carbocycles. The van der Waals surface area contributed by atoms with E-state index in [1.165, 1.54) is 5.56 Å². The number of aryl methyl sites for hydroxylation is 1. The SMILES string of the molecule is Cc1ncc(C#Cc2ccc(C3CCOCC3)cn2)c2cc(NC(O)C3CC34CCNCC4)ncc12. The highest BCUT2D eigenvalue weighted by molar-refractivity contribution is 5.90. The van der Waals surface area contributed by atoms with Crippen molar-refractivity contribution in [2.45, 2.75) is 51.2 Å². The summed E-state index contributed by atoms with van der Waals surface area (Å²) in [5.41, 5.74) is 4.02. The van der Waals surface area contributed by atoms with Crippen molar-refractivity contribution in [1.82, 2.24) is 20.3 Å². The minimum atomic E-state index is -0.594. The Hall–Kier alpha value is -3.05. The van der Waals surface area contributed by atoms with E-state index in [9.17, 15) is 5.11 Å². The second-order valence-corrected chi connectivity index (χ2v) is 10.5. The topological polar surface area (TPSA) is 92.2 Å². The molecule has 6 rings (SSSR count). The van der Waals surface area contributed by atoms with Crippen molar-refractivity contribution in [3.63, 3.8) is 0 Å². The van der Waals surface area contributed by atoms with Gasteiger partial charge in [-0.05, 0) is 87.1 Å². The van der Waals surface area contributed by atoms with E-state index in [4.69, 9.17) is 4.74 Å². The second kappa shape index (κ2) is 9.78. The van der Waals surface area contributed by atoms with Crippen molar-refractivity contribution in [2.75, 3.05) is 31.6 Å². The first-order valence-electron chi connectivity index (χ1n) is 13.1. The zero-order valence-electron chi connectivity index (χ0n) is 20.8. The number of fused-ring (bicyclic) bond motifs is 1. The summed E-state index contributed by atoms with van der Waals surface area (Å²) in [7, 11) is 0. The molecule has 3 aromatic heterocycles. The van der Waals surface area contributed by atoms with Crippen molar-refractivity contribution in [3.8, 4) is 11.8 Å². The molecule has 3 aliphatic rings. The highest BCUT2D eigenvalue weighted by Gasteiger charge is 2.57. The molecule has 2 aliphatic heterocycles. The molecule has 2 unspecified atom stereocenters. The van der Waals surface area contributed by atoms with Crippen LogP contribution in [0.15, 0.2) is 36.8 Å². The maximum atomic E-state index is 10.9. The van der Waals surface area contributed by atoms with Crippen molar-refractivity contribution in [1.29, 1.82) is 0 Å². The Morgan fingerprint density at radius 2 is 1.89 bits per heavy atom. The number of hydrogen-bond acceptors (Lipinski definition) is 7. The molecule has 2 saturated heterocycles. The van der Waals surface area contributed by atoms with Crippen molar-refractivity contribution in [2.24, 2.45) is 11.3 Å². The fraction of sp³-hybridized carbons (Fsp3) is 0.483. The molecular weight excluding hydrogens is 450 g/mol. The predicted octanol–water partition coefficient (Wildman–Crippen LogP) is 3.75. The van der Waals surface area contributed by atoms with Gasteiger partial charge in [0.15, 0.2) is 0 Å². The van der Waals surface area contributed by atoms with Crippen LogP contribution >= 0.6 is 0 Å². The summed E-state index contributed by atoms with van der Waals surface area (Å²) in [6, 6.07) is 6.12. The van der Waals surface area contributed by atoms with Crippen molar-refractivity contribution in [3.05, 3.63) is 59.3 Å². The molecule has 3 fully saturated rings. The predicted molar refractivity (Wildman–Crippen MR) is 140 cm³/mol. The fourth-order valence-electron chi connectivity index (χ4n) is 5.91. The minimum Gasteiger partial charge on any atom is -0.381 e. The van der Waals surface area contributed by atoms with E-state index in [-0.39, 0.29) is 5.92 Å². The Balaban J connectivity index is 1.21. The van der Waals surface area contributed by atoms with Gasteiger partial charge in [0, 0.05) is 54.2 Å². The first-order chi connectivity index (χ1) is 17.6. The van der Waals surface area contributed by atoms with Crippen LogP contribution in [-0.4, -0.2) is 52.6 Å². The van der Waals surface area contributed by atoms with E-state index in [2.05, 4.69) is 43.5 Å². The van der Waals surface area contributed by atoms with Crippen LogP contribution in [0.25, 0.3) is 10.8 Å². The highest BCUT2D eigenvalue weighted by Crippen LogP contribution is 2.60. The number of nitrogens with zero attached hydrogens (tertiary/aromatic N) is 3. The Morgan fingerprint density at radius 3 is 2.67 bits per heavy atom. The summed E-state index contributed by atoms with van der Waals surface area (Å²) >= 11 is 0. The largest absolute Gasteiger partial charge is 0.381 e. The average Bonchev–Trinajstić information content (AvgIpc) is 3.62. The van der Waals surface area contributed by atoms with Crippen LogP contribution < -0.4 is 10.6 Å². The standard InChI is InChI=1S/C29H33N5O2/c1-19-25-18-33-27(34-28(35)26-15-29(26)8-10-30-11-9-29)14-24(25)22(17-31-19)3-5-23-4-2-21(16-32-23)20-6-12-36-13-7-20/h2,4,14,16-18,20,26,28,30,35H,6-13,15H2,1H3,(H,33,34). The van der Waals surface area contributed by atoms with Gasteiger partial charge in [-0.15, -0.1) is 0 Å². The summed E-state index contributed by atoms with van der Waals surface area (Å²) in [5.74, 6) is 7.95. The van der Waals surface area contributed by atoms with Gasteiger partial charge in [0.25, 0.3) is 0 Å². The first-order valence-corrected chi connectivity index (χ1v) is 13.1. The molecule has 1 aliphatic carbocycles. The van der Waals surface area contributed by atoms with E-state index in [1.807, 2.05) is 37.6 Å². The lowest BCUT2D eigenvalue weighted by Crippen LogP contribution is -2.33. The van der Waals surface area contributed by atoms with Gasteiger partial charge in [-0.25, -0.2) is 9.97 Å². The lowest BCUT2D eigenvalue weighted by Gasteiger charge is -2.25. The molecule has 7 heteroatoms. The van der Waals surface area contributed by atoms with Crippen molar-refractivity contribution >= 4 is 16.6 Å². The Morgan fingerprint density at radius 1 is 1.06 bits per heavy atom. The number of pyridine rings is 3. The van der Waals surface area contributed by atoms with Crippen LogP contribution in [0.4, 0.5) is 5.82 Å². The van der Waals surface area contributed by atoms with E-state index in [0.717, 1.165) is 86.1 Å². The van der Waals surface area contributed by atoms with Crippen LogP contribution in [0, 0.1) is 30.1 Å². The third-order valence-electron chi connectivity index (χ3n) is 8.30. The van der Waals surface area contributed by atoms with Gasteiger partial charge in [0.2, 0.25) is 0 Å². The Labute approximate surface area is 212 Å². The van der Waals surface area contributed by atoms with Crippen LogP contribution in [0.2, 0.25) is 0 Å². The average molecular weight is 484 g/mol. The summed E-state index contributed by atoms with van der Waals surface area (Å²) in [4.78, 5) is 13.7. The molecule has 0 bridgehead atoms. The summed E-state index contributed by atoms with van der Waals surface area (Å²) in [6.45, 7) is 5.70. The lowest BCUT2D eigenvalue weighted by atomic mass is 9.91. The quantitative estimate of drug-likeness (QED) is 0.385. The van der Waals surface area contributed by atoms with Gasteiger partial charge < -0.3 is 20.5 Å². The van der Waals surface area contributed by atoms with Crippen LogP contribution in [-0.2, 0) is 4.74 Å². The van der Waals surface area contributed by atoms with Crippen LogP contribution in [0.5, 0.6) is 0 Å². The number of nitrogens with one attached hydrogen (secondary N) is 2. The monoisotopic (exact) mass is 483 g/mol. The summed E-state index contributed by atoms with van der Waals surface area (Å²) in [5, 5.41) is 19.5. The molecule has 3 aromatic rings. The minimum absolute atomic E-state index is 0.283. The van der Waals surface area contributed by atoms with Gasteiger partial charge in [0.05, 0.1) is 5.56 Å². The maximum Gasteiger partial charge on any atom is 0.128 e. The van der Waals surface area contributed by atoms with E-state index in [1.54, 1.807) is 0 Å². The molecule has 0 radical (unpaired) electrons. The third-order valence-corrected chi connectivity index (χ3v) is 8.30. The number of hydrogen-bond donors (Lipinski definition) is 3. The van der Waals surface area contributed by atoms with E-state index in [0.29, 0.717) is 17.2 Å². The zero-order chi connectivity index (χ0) is 24.5. The summed E-state index contributed by atoms with van der Waals surface area (Å²) in [6.07, 6.45) is 10.4. The van der Waals surface area contributed by atoms with Crippen LogP contribution in [0.3, 0.4) is 0 Å². The number of ether oxygens (including phenoxy) is 1. The van der Waals surface area contributed by atoms with Gasteiger partial charge in [-0.2, -0.15) is 0 Å². The zero-order valence-corrected chi connectivity index (χ0v) is 20.8. The third kappa shape index (κ3) is 4.69. The second-order valence-electron chi connectivity index (χ2n) is 10.5. The van der Waals surface area contributed by atoms with Crippen LogP contribution in [0.1, 0.15) is 60.5 Å². The van der Waals surface area contributed by atoms with Gasteiger partial charge in [-0.3, -0.25) is 4.98 Å². The molecule has 36 heavy (non-hydrogen) atoms. The fourth-order valence-corrected chi connectivity index (χ4v) is 5.91. The first kappa shape index (κ1) is 23.4. The van der Waals surface area contributed by atoms with Gasteiger partial charge in [-0.1, -0.05) is 12.0 Å². The lowest BCUT2D eigenvalue weighted by molar-refractivity contribution is 0.0853.